The Morgan fingerprint density at radius 3 is 2.42 bits per heavy atom. The monoisotopic (exact) mass is 469 g/mol. The maximum Gasteiger partial charge on any atom is 0.337 e. The summed E-state index contributed by atoms with van der Waals surface area (Å²) in [5.41, 5.74) is 0.769. The second-order valence-electron chi connectivity index (χ2n) is 7.51. The summed E-state index contributed by atoms with van der Waals surface area (Å²) in [6.45, 7) is 2.59. The standard InChI is InChI=1S/C23H21ClFN5O3/c24-20-8-9-21(28-27-20)30-11-3-10-29(12-13-30)19-7-6-15(14-17(19)23(32)33)26-22(31)16-4-1-2-5-18(16)25/h1-2,4-9,14H,3,10-13H2,(H,26,31)(H,32,33). The van der Waals surface area contributed by atoms with E-state index in [0.717, 1.165) is 13.0 Å². The number of halogens is 2. The molecule has 10 heteroatoms. The van der Waals surface area contributed by atoms with Crippen molar-refractivity contribution in [3.63, 3.8) is 0 Å². The first kappa shape index (κ1) is 22.5. The number of amides is 1. The maximum atomic E-state index is 13.9. The number of nitrogens with one attached hydrogen (secondary N) is 1. The van der Waals surface area contributed by atoms with E-state index in [1.54, 1.807) is 30.3 Å². The first-order chi connectivity index (χ1) is 15.9. The van der Waals surface area contributed by atoms with Crippen molar-refractivity contribution in [2.75, 3.05) is 41.3 Å². The predicted molar refractivity (Wildman–Crippen MR) is 124 cm³/mol. The number of carboxylic acids is 1. The molecule has 0 atom stereocenters. The van der Waals surface area contributed by atoms with Crippen LogP contribution in [0.2, 0.25) is 5.15 Å². The number of carbonyl (C=O) groups is 2. The molecule has 2 heterocycles. The Labute approximate surface area is 194 Å². The molecule has 0 unspecified atom stereocenters. The first-order valence-corrected chi connectivity index (χ1v) is 10.7. The molecule has 8 nitrogen and oxygen atoms in total. The SMILES string of the molecule is O=C(Nc1ccc(N2CCCN(c3ccc(Cl)nn3)CC2)c(C(=O)O)c1)c1ccccc1F. The van der Waals surface area contributed by atoms with E-state index in [9.17, 15) is 19.1 Å². The maximum absolute atomic E-state index is 13.9. The topological polar surface area (TPSA) is 98.7 Å². The largest absolute Gasteiger partial charge is 0.478 e. The van der Waals surface area contributed by atoms with Crippen LogP contribution in [-0.2, 0) is 0 Å². The lowest BCUT2D eigenvalue weighted by molar-refractivity contribution is 0.0697. The number of benzene rings is 2. The lowest BCUT2D eigenvalue weighted by Gasteiger charge is -2.25. The Hall–Kier alpha value is -3.72. The van der Waals surface area contributed by atoms with Gasteiger partial charge in [0.05, 0.1) is 16.8 Å². The molecule has 0 radical (unpaired) electrons. The molecular weight excluding hydrogens is 449 g/mol. The lowest BCUT2D eigenvalue weighted by Crippen LogP contribution is -2.32. The summed E-state index contributed by atoms with van der Waals surface area (Å²) in [6, 6.07) is 13.8. The molecule has 1 aliphatic rings. The van der Waals surface area contributed by atoms with Gasteiger partial charge in [0.1, 0.15) is 5.82 Å². The van der Waals surface area contributed by atoms with E-state index in [-0.39, 0.29) is 16.8 Å². The smallest absolute Gasteiger partial charge is 0.337 e. The number of hydrogen-bond donors (Lipinski definition) is 2. The van der Waals surface area contributed by atoms with E-state index in [0.29, 0.717) is 36.3 Å². The minimum absolute atomic E-state index is 0.0565. The van der Waals surface area contributed by atoms with E-state index in [1.807, 2.05) is 4.90 Å². The summed E-state index contributed by atoms with van der Waals surface area (Å²) in [4.78, 5) is 28.5. The van der Waals surface area contributed by atoms with E-state index in [1.165, 1.54) is 24.3 Å². The summed E-state index contributed by atoms with van der Waals surface area (Å²) < 4.78 is 13.9. The molecule has 1 aliphatic heterocycles. The number of hydrogen-bond acceptors (Lipinski definition) is 6. The lowest BCUT2D eigenvalue weighted by atomic mass is 10.1. The third-order valence-electron chi connectivity index (χ3n) is 5.38. The molecule has 4 rings (SSSR count). The van der Waals surface area contributed by atoms with Gasteiger partial charge < -0.3 is 20.2 Å². The van der Waals surface area contributed by atoms with Crippen molar-refractivity contribution in [1.29, 1.82) is 0 Å². The minimum atomic E-state index is -1.11. The number of anilines is 3. The van der Waals surface area contributed by atoms with Gasteiger partial charge in [0.15, 0.2) is 11.0 Å². The van der Waals surface area contributed by atoms with Gasteiger partial charge in [0.2, 0.25) is 0 Å². The zero-order valence-electron chi connectivity index (χ0n) is 17.5. The van der Waals surface area contributed by atoms with Gasteiger partial charge in [0.25, 0.3) is 5.91 Å². The van der Waals surface area contributed by atoms with Gasteiger partial charge >= 0.3 is 5.97 Å². The van der Waals surface area contributed by atoms with Crippen LogP contribution >= 0.6 is 11.6 Å². The van der Waals surface area contributed by atoms with Gasteiger partial charge in [-0.1, -0.05) is 23.7 Å². The number of aromatic nitrogens is 2. The van der Waals surface area contributed by atoms with E-state index >= 15 is 0 Å². The summed E-state index contributed by atoms with van der Waals surface area (Å²) in [6.07, 6.45) is 0.787. The van der Waals surface area contributed by atoms with E-state index in [2.05, 4.69) is 20.4 Å². The van der Waals surface area contributed by atoms with Crippen molar-refractivity contribution in [3.8, 4) is 0 Å². The Bertz CT molecular complexity index is 1180. The molecular formula is C23H21ClFN5O3. The van der Waals surface area contributed by atoms with Crippen LogP contribution in [0.3, 0.4) is 0 Å². The average Bonchev–Trinajstić information content (AvgIpc) is 3.06. The van der Waals surface area contributed by atoms with Crippen LogP contribution in [-0.4, -0.2) is 53.4 Å². The molecule has 1 amide bonds. The van der Waals surface area contributed by atoms with Crippen molar-refractivity contribution < 1.29 is 19.1 Å². The van der Waals surface area contributed by atoms with Crippen LogP contribution in [0.4, 0.5) is 21.6 Å². The quantitative estimate of drug-likeness (QED) is 0.584. The molecule has 0 spiro atoms. The number of nitrogens with zero attached hydrogens (tertiary/aromatic N) is 4. The Morgan fingerprint density at radius 1 is 0.939 bits per heavy atom. The highest BCUT2D eigenvalue weighted by molar-refractivity contribution is 6.29. The van der Waals surface area contributed by atoms with Gasteiger partial charge in [-0.25, -0.2) is 9.18 Å². The van der Waals surface area contributed by atoms with Crippen LogP contribution in [0, 0.1) is 5.82 Å². The van der Waals surface area contributed by atoms with Crippen molar-refractivity contribution in [2.45, 2.75) is 6.42 Å². The fourth-order valence-electron chi connectivity index (χ4n) is 3.77. The van der Waals surface area contributed by atoms with E-state index < -0.39 is 17.7 Å². The Morgan fingerprint density at radius 2 is 1.70 bits per heavy atom. The highest BCUT2D eigenvalue weighted by Gasteiger charge is 2.22. The molecule has 2 aromatic carbocycles. The van der Waals surface area contributed by atoms with Gasteiger partial charge in [-0.15, -0.1) is 10.2 Å². The molecule has 170 valence electrons. The molecule has 2 N–H and O–H groups in total. The van der Waals surface area contributed by atoms with Crippen molar-refractivity contribution in [2.24, 2.45) is 0 Å². The second kappa shape index (κ2) is 9.83. The zero-order chi connectivity index (χ0) is 23.4. The van der Waals surface area contributed by atoms with Crippen LogP contribution in [0.25, 0.3) is 0 Å². The normalized spacial score (nSPS) is 14.0. The number of carboxylic acid groups (broad SMARTS) is 1. The van der Waals surface area contributed by atoms with Gasteiger partial charge in [-0.2, -0.15) is 0 Å². The summed E-state index contributed by atoms with van der Waals surface area (Å²) in [5, 5.41) is 20.7. The molecule has 1 aromatic heterocycles. The second-order valence-corrected chi connectivity index (χ2v) is 7.90. The molecule has 0 bridgehead atoms. The third kappa shape index (κ3) is 5.20. The zero-order valence-corrected chi connectivity index (χ0v) is 18.3. The molecule has 1 fully saturated rings. The fourth-order valence-corrected chi connectivity index (χ4v) is 3.87. The van der Waals surface area contributed by atoms with Gasteiger partial charge in [0, 0.05) is 31.9 Å². The van der Waals surface area contributed by atoms with Gasteiger partial charge in [-0.3, -0.25) is 4.79 Å². The summed E-state index contributed by atoms with van der Waals surface area (Å²) >= 11 is 5.82. The number of rotatable bonds is 5. The third-order valence-corrected chi connectivity index (χ3v) is 5.58. The number of aromatic carboxylic acids is 1. The molecule has 1 saturated heterocycles. The van der Waals surface area contributed by atoms with Crippen LogP contribution in [0.15, 0.2) is 54.6 Å². The molecule has 3 aromatic rings. The molecule has 0 saturated carbocycles. The minimum Gasteiger partial charge on any atom is -0.478 e. The summed E-state index contributed by atoms with van der Waals surface area (Å²) in [7, 11) is 0. The highest BCUT2D eigenvalue weighted by Crippen LogP contribution is 2.27. The van der Waals surface area contributed by atoms with Crippen LogP contribution in [0.1, 0.15) is 27.1 Å². The first-order valence-electron chi connectivity index (χ1n) is 10.3. The van der Waals surface area contributed by atoms with Gasteiger partial charge in [-0.05, 0) is 48.9 Å². The molecule has 0 aliphatic carbocycles. The Kier molecular flexibility index (Phi) is 6.69. The Balaban J connectivity index is 1.52. The molecule has 33 heavy (non-hydrogen) atoms. The number of carbonyl (C=O) groups excluding carboxylic acids is 1. The van der Waals surface area contributed by atoms with Crippen molar-refractivity contribution in [3.05, 3.63) is 76.7 Å². The van der Waals surface area contributed by atoms with Crippen LogP contribution in [0.5, 0.6) is 0 Å². The predicted octanol–water partition coefficient (Wildman–Crippen LogP) is 3.94. The summed E-state index contributed by atoms with van der Waals surface area (Å²) in [5.74, 6) is -1.70. The van der Waals surface area contributed by atoms with Crippen molar-refractivity contribution >= 4 is 40.7 Å². The van der Waals surface area contributed by atoms with Crippen LogP contribution < -0.4 is 15.1 Å². The average molecular weight is 470 g/mol. The highest BCUT2D eigenvalue weighted by atomic mass is 35.5. The van der Waals surface area contributed by atoms with E-state index in [4.69, 9.17) is 11.6 Å². The van der Waals surface area contributed by atoms with Crippen molar-refractivity contribution in [1.82, 2.24) is 10.2 Å². The fraction of sp³-hybridized carbons (Fsp3) is 0.217.